The summed E-state index contributed by atoms with van der Waals surface area (Å²) in [4.78, 5) is 9.19. The maximum absolute atomic E-state index is 6.01. The molecule has 1 aliphatic carbocycles. The monoisotopic (exact) mass is 413 g/mol. The molecular formula is C24H27N7. The number of hydrogen-bond acceptors (Lipinski definition) is 6. The van der Waals surface area contributed by atoms with Crippen molar-refractivity contribution in [3.63, 3.8) is 0 Å². The predicted molar refractivity (Wildman–Crippen MR) is 125 cm³/mol. The van der Waals surface area contributed by atoms with Gasteiger partial charge < -0.3 is 16.4 Å². The van der Waals surface area contributed by atoms with Gasteiger partial charge in [-0.1, -0.05) is 42.5 Å². The average Bonchev–Trinajstić information content (AvgIpc) is 3.23. The number of anilines is 2. The van der Waals surface area contributed by atoms with E-state index in [0.29, 0.717) is 18.0 Å². The van der Waals surface area contributed by atoms with Crippen LogP contribution in [0.1, 0.15) is 31.2 Å². The molecule has 2 aromatic heterocycles. The number of aromatic amines is 1. The van der Waals surface area contributed by atoms with Gasteiger partial charge >= 0.3 is 0 Å². The smallest absolute Gasteiger partial charge is 0.224 e. The maximum atomic E-state index is 6.01. The third-order valence-corrected chi connectivity index (χ3v) is 5.90. The lowest BCUT2D eigenvalue weighted by Crippen LogP contribution is -2.33. The fourth-order valence-electron chi connectivity index (χ4n) is 4.12. The van der Waals surface area contributed by atoms with Crippen LogP contribution in [0.4, 0.5) is 11.6 Å². The fraction of sp³-hybridized carbons (Fsp3) is 0.292. The zero-order valence-electron chi connectivity index (χ0n) is 17.4. The molecule has 2 heterocycles. The molecule has 0 aliphatic heterocycles. The minimum Gasteiger partial charge on any atom is -0.381 e. The van der Waals surface area contributed by atoms with Crippen molar-refractivity contribution in [1.29, 1.82) is 0 Å². The van der Waals surface area contributed by atoms with Crippen LogP contribution in [0.2, 0.25) is 0 Å². The predicted octanol–water partition coefficient (Wildman–Crippen LogP) is 4.31. The lowest BCUT2D eigenvalue weighted by molar-refractivity contribution is 0.410. The summed E-state index contributed by atoms with van der Waals surface area (Å²) in [6.07, 6.45) is 6.05. The summed E-state index contributed by atoms with van der Waals surface area (Å²) in [5, 5.41) is 15.4. The number of nitrogens with two attached hydrogens (primary N) is 1. The average molecular weight is 414 g/mol. The Labute approximate surface area is 181 Å². The summed E-state index contributed by atoms with van der Waals surface area (Å²) in [6.45, 7) is 0.774. The van der Waals surface area contributed by atoms with Gasteiger partial charge in [0.25, 0.3) is 0 Å². The van der Waals surface area contributed by atoms with Crippen molar-refractivity contribution >= 4 is 22.7 Å². The minimum absolute atomic E-state index is 0.328. The van der Waals surface area contributed by atoms with E-state index in [1.165, 1.54) is 5.56 Å². The lowest BCUT2D eigenvalue weighted by Gasteiger charge is -2.26. The Balaban J connectivity index is 1.32. The number of benzene rings is 2. The van der Waals surface area contributed by atoms with E-state index < -0.39 is 0 Å². The van der Waals surface area contributed by atoms with E-state index in [0.717, 1.165) is 60.2 Å². The topological polar surface area (TPSA) is 105 Å². The summed E-state index contributed by atoms with van der Waals surface area (Å²) in [5.74, 6) is 0.640. The van der Waals surface area contributed by atoms with Crippen molar-refractivity contribution in [2.45, 2.75) is 44.3 Å². The van der Waals surface area contributed by atoms with Crippen molar-refractivity contribution in [3.8, 4) is 11.3 Å². The van der Waals surface area contributed by atoms with Crippen LogP contribution in [0, 0.1) is 0 Å². The molecular weight excluding hydrogens is 386 g/mol. The second-order valence-electron chi connectivity index (χ2n) is 8.20. The first kappa shape index (κ1) is 19.5. The first-order valence-corrected chi connectivity index (χ1v) is 10.9. The van der Waals surface area contributed by atoms with Crippen molar-refractivity contribution in [2.24, 2.45) is 5.73 Å². The lowest BCUT2D eigenvalue weighted by atomic mass is 9.92. The number of hydrogen-bond donors (Lipinski definition) is 4. The third kappa shape index (κ3) is 4.51. The van der Waals surface area contributed by atoms with Crippen molar-refractivity contribution in [3.05, 3.63) is 66.4 Å². The van der Waals surface area contributed by atoms with Gasteiger partial charge in [0.15, 0.2) is 5.65 Å². The van der Waals surface area contributed by atoms with E-state index >= 15 is 0 Å². The first-order valence-electron chi connectivity index (χ1n) is 10.9. The van der Waals surface area contributed by atoms with Crippen LogP contribution in [0.25, 0.3) is 22.3 Å². The largest absolute Gasteiger partial charge is 0.381 e. The second-order valence-corrected chi connectivity index (χ2v) is 8.20. The quantitative estimate of drug-likeness (QED) is 0.375. The van der Waals surface area contributed by atoms with Gasteiger partial charge in [0.2, 0.25) is 5.95 Å². The Morgan fingerprint density at radius 3 is 2.68 bits per heavy atom. The molecule has 5 rings (SSSR count). The molecule has 1 saturated carbocycles. The van der Waals surface area contributed by atoms with Crippen LogP contribution in [0.15, 0.2) is 60.8 Å². The number of nitrogens with zero attached hydrogens (tertiary/aromatic N) is 3. The Hall–Kier alpha value is -3.45. The Kier molecular flexibility index (Phi) is 5.50. The van der Waals surface area contributed by atoms with Gasteiger partial charge in [0, 0.05) is 36.1 Å². The molecule has 0 amide bonds. The van der Waals surface area contributed by atoms with E-state index in [9.17, 15) is 0 Å². The third-order valence-electron chi connectivity index (χ3n) is 5.90. The molecule has 7 nitrogen and oxygen atoms in total. The second kappa shape index (κ2) is 8.73. The summed E-state index contributed by atoms with van der Waals surface area (Å²) in [6, 6.07) is 19.3. The Bertz CT molecular complexity index is 1150. The van der Waals surface area contributed by atoms with Gasteiger partial charge in [0.1, 0.15) is 5.69 Å². The number of aromatic nitrogens is 4. The molecule has 4 aromatic rings. The van der Waals surface area contributed by atoms with E-state index in [1.807, 2.05) is 18.3 Å². The molecule has 158 valence electrons. The summed E-state index contributed by atoms with van der Waals surface area (Å²) < 4.78 is 0. The van der Waals surface area contributed by atoms with E-state index in [-0.39, 0.29) is 0 Å². The highest BCUT2D eigenvalue weighted by molar-refractivity contribution is 5.91. The molecule has 5 N–H and O–H groups in total. The molecule has 0 unspecified atom stereocenters. The summed E-state index contributed by atoms with van der Waals surface area (Å²) >= 11 is 0. The highest BCUT2D eigenvalue weighted by Gasteiger charge is 2.19. The Morgan fingerprint density at radius 2 is 1.84 bits per heavy atom. The zero-order valence-corrected chi connectivity index (χ0v) is 17.4. The van der Waals surface area contributed by atoms with Gasteiger partial charge in [-0.25, -0.2) is 4.98 Å². The first-order chi connectivity index (χ1) is 15.2. The SMILES string of the molecule is N[C@H]1CC[C@H](Nc2ncc3c(-c4cccc(NCc5ccccc5)c4)n[nH]c3n2)CC1. The highest BCUT2D eigenvalue weighted by atomic mass is 15.2. The summed E-state index contributed by atoms with van der Waals surface area (Å²) in [7, 11) is 0. The van der Waals surface area contributed by atoms with Gasteiger partial charge in [-0.05, 0) is 43.4 Å². The number of rotatable bonds is 6. The van der Waals surface area contributed by atoms with Crippen LogP contribution < -0.4 is 16.4 Å². The molecule has 1 aliphatic rings. The van der Waals surface area contributed by atoms with E-state index in [4.69, 9.17) is 5.73 Å². The molecule has 0 saturated heterocycles. The van der Waals surface area contributed by atoms with Crippen LogP contribution in [-0.4, -0.2) is 32.2 Å². The van der Waals surface area contributed by atoms with Gasteiger partial charge in [-0.2, -0.15) is 10.1 Å². The Morgan fingerprint density at radius 1 is 1.00 bits per heavy atom. The highest BCUT2D eigenvalue weighted by Crippen LogP contribution is 2.28. The molecule has 0 radical (unpaired) electrons. The van der Waals surface area contributed by atoms with Crippen LogP contribution in [0.3, 0.4) is 0 Å². The number of H-pyrrole nitrogens is 1. The fourth-order valence-corrected chi connectivity index (χ4v) is 4.12. The van der Waals surface area contributed by atoms with Crippen LogP contribution in [-0.2, 0) is 6.54 Å². The molecule has 2 aromatic carbocycles. The van der Waals surface area contributed by atoms with E-state index in [1.54, 1.807) is 0 Å². The normalized spacial score (nSPS) is 18.7. The van der Waals surface area contributed by atoms with Crippen LogP contribution in [0.5, 0.6) is 0 Å². The molecule has 7 heteroatoms. The van der Waals surface area contributed by atoms with E-state index in [2.05, 4.69) is 73.3 Å². The van der Waals surface area contributed by atoms with Gasteiger partial charge in [0.05, 0.1) is 5.39 Å². The molecule has 0 spiro atoms. The van der Waals surface area contributed by atoms with Crippen molar-refractivity contribution in [1.82, 2.24) is 20.2 Å². The summed E-state index contributed by atoms with van der Waals surface area (Å²) in [5.41, 5.74) is 10.9. The standard InChI is InChI=1S/C24H27N7/c25-18-9-11-19(12-10-18)28-24-27-15-21-22(30-31-23(21)29-24)17-7-4-8-20(13-17)26-14-16-5-2-1-3-6-16/h1-8,13,15,18-19,26H,9-12,14,25H2,(H2,27,28,29,30,31)/t18-,19-. The molecule has 1 fully saturated rings. The zero-order chi connectivity index (χ0) is 21.0. The van der Waals surface area contributed by atoms with Gasteiger partial charge in [-0.3, -0.25) is 5.10 Å². The van der Waals surface area contributed by atoms with Gasteiger partial charge in [-0.15, -0.1) is 0 Å². The molecule has 0 atom stereocenters. The molecule has 0 bridgehead atoms. The minimum atomic E-state index is 0.328. The van der Waals surface area contributed by atoms with Crippen molar-refractivity contribution in [2.75, 3.05) is 10.6 Å². The van der Waals surface area contributed by atoms with Crippen molar-refractivity contribution < 1.29 is 0 Å². The maximum Gasteiger partial charge on any atom is 0.224 e. The number of nitrogens with one attached hydrogen (secondary N) is 3. The molecule has 31 heavy (non-hydrogen) atoms. The van der Waals surface area contributed by atoms with Crippen LogP contribution >= 0.6 is 0 Å². The number of fused-ring (bicyclic) bond motifs is 1.